The lowest BCUT2D eigenvalue weighted by molar-refractivity contribution is -0.118. The zero-order valence-corrected chi connectivity index (χ0v) is 14.1. The number of benzene rings is 1. The Bertz CT molecular complexity index is 532. The largest absolute Gasteiger partial charge is 0.492 e. The number of fused-ring (bicyclic) bond motifs is 1. The second-order valence-electron chi connectivity index (χ2n) is 6.81. The fourth-order valence-electron chi connectivity index (χ4n) is 4.06. The summed E-state index contributed by atoms with van der Waals surface area (Å²) in [5, 5.41) is 3.01. The molecule has 1 saturated carbocycles. The molecule has 4 heteroatoms. The van der Waals surface area contributed by atoms with Gasteiger partial charge >= 0.3 is 0 Å². The van der Waals surface area contributed by atoms with Crippen LogP contribution in [0, 0.1) is 11.8 Å². The summed E-state index contributed by atoms with van der Waals surface area (Å²) in [5.74, 6) is 2.52. The van der Waals surface area contributed by atoms with Gasteiger partial charge in [-0.1, -0.05) is 31.4 Å². The van der Waals surface area contributed by atoms with Gasteiger partial charge < -0.3 is 10.1 Å². The van der Waals surface area contributed by atoms with Crippen LogP contribution in [0.1, 0.15) is 39.0 Å². The van der Waals surface area contributed by atoms with Gasteiger partial charge in [0.15, 0.2) is 0 Å². The summed E-state index contributed by atoms with van der Waals surface area (Å²) in [5.41, 5.74) is 0.770. The molecular weight excluding hydrogens is 288 g/mol. The zero-order chi connectivity index (χ0) is 16.1. The monoisotopic (exact) mass is 316 g/mol. The van der Waals surface area contributed by atoms with E-state index in [0.29, 0.717) is 13.2 Å². The molecule has 126 valence electrons. The van der Waals surface area contributed by atoms with Gasteiger partial charge in [0.1, 0.15) is 5.75 Å². The van der Waals surface area contributed by atoms with Crippen LogP contribution in [0.25, 0.3) is 0 Å². The minimum atomic E-state index is 0.0615. The molecule has 0 spiro atoms. The summed E-state index contributed by atoms with van der Waals surface area (Å²) in [7, 11) is 0. The molecule has 0 radical (unpaired) electrons. The van der Waals surface area contributed by atoms with Crippen LogP contribution in [0.15, 0.2) is 24.3 Å². The van der Waals surface area contributed by atoms with Crippen LogP contribution in [-0.2, 0) is 4.79 Å². The summed E-state index contributed by atoms with van der Waals surface area (Å²) in [6.07, 6.45) is 6.76. The maximum atomic E-state index is 12.4. The van der Waals surface area contributed by atoms with Crippen LogP contribution in [0.4, 0.5) is 5.69 Å². The van der Waals surface area contributed by atoms with Crippen LogP contribution >= 0.6 is 0 Å². The van der Waals surface area contributed by atoms with Gasteiger partial charge in [-0.05, 0) is 50.3 Å². The highest BCUT2D eigenvalue weighted by atomic mass is 16.5. The molecule has 0 bridgehead atoms. The lowest BCUT2D eigenvalue weighted by atomic mass is 9.75. The van der Waals surface area contributed by atoms with E-state index in [0.717, 1.165) is 36.4 Å². The normalized spacial score (nSPS) is 24.7. The summed E-state index contributed by atoms with van der Waals surface area (Å²) in [4.78, 5) is 14.7. The first-order valence-electron chi connectivity index (χ1n) is 9.00. The third-order valence-corrected chi connectivity index (χ3v) is 5.20. The topological polar surface area (TPSA) is 41.6 Å². The summed E-state index contributed by atoms with van der Waals surface area (Å²) in [6, 6.07) is 7.64. The van der Waals surface area contributed by atoms with Crippen molar-refractivity contribution in [2.75, 3.05) is 31.6 Å². The molecule has 1 aliphatic heterocycles. The lowest BCUT2D eigenvalue weighted by Crippen LogP contribution is -2.44. The van der Waals surface area contributed by atoms with Crippen molar-refractivity contribution in [1.29, 1.82) is 0 Å². The number of nitrogens with zero attached hydrogens (tertiary/aromatic N) is 1. The van der Waals surface area contributed by atoms with E-state index in [2.05, 4.69) is 10.2 Å². The molecule has 0 aromatic heterocycles. The van der Waals surface area contributed by atoms with Gasteiger partial charge in [-0.15, -0.1) is 0 Å². The van der Waals surface area contributed by atoms with E-state index >= 15 is 0 Å². The molecule has 2 aliphatic rings. The fraction of sp³-hybridized carbons (Fsp3) is 0.632. The number of rotatable bonds is 5. The predicted octanol–water partition coefficient (Wildman–Crippen LogP) is 3.54. The van der Waals surface area contributed by atoms with E-state index in [1.807, 2.05) is 31.2 Å². The smallest absolute Gasteiger partial charge is 0.238 e. The first-order valence-corrected chi connectivity index (χ1v) is 9.00. The number of piperidine rings is 1. The van der Waals surface area contributed by atoms with E-state index in [-0.39, 0.29) is 5.91 Å². The third-order valence-electron chi connectivity index (χ3n) is 5.20. The molecule has 2 atom stereocenters. The molecule has 3 rings (SSSR count). The van der Waals surface area contributed by atoms with Crippen molar-refractivity contribution in [1.82, 2.24) is 4.90 Å². The Labute approximate surface area is 139 Å². The maximum absolute atomic E-state index is 12.4. The summed E-state index contributed by atoms with van der Waals surface area (Å²) in [6.45, 7) is 5.19. The minimum absolute atomic E-state index is 0.0615. The lowest BCUT2D eigenvalue weighted by Gasteiger charge is -2.41. The molecule has 1 aromatic carbocycles. The third kappa shape index (κ3) is 4.25. The van der Waals surface area contributed by atoms with Crippen LogP contribution < -0.4 is 10.1 Å². The molecule has 1 N–H and O–H groups in total. The fourth-order valence-corrected chi connectivity index (χ4v) is 4.06. The Morgan fingerprint density at radius 2 is 2.00 bits per heavy atom. The molecule has 2 fully saturated rings. The molecule has 0 unspecified atom stereocenters. The van der Waals surface area contributed by atoms with E-state index in [1.165, 1.54) is 32.1 Å². The quantitative estimate of drug-likeness (QED) is 0.903. The Balaban J connectivity index is 1.53. The van der Waals surface area contributed by atoms with Gasteiger partial charge in [0.25, 0.3) is 0 Å². The number of carbonyl (C=O) groups is 1. The molecule has 1 amide bonds. The van der Waals surface area contributed by atoms with Gasteiger partial charge in [-0.2, -0.15) is 0 Å². The Morgan fingerprint density at radius 3 is 2.83 bits per heavy atom. The van der Waals surface area contributed by atoms with Crippen molar-refractivity contribution in [2.24, 2.45) is 11.8 Å². The van der Waals surface area contributed by atoms with Crippen molar-refractivity contribution in [3.63, 3.8) is 0 Å². The van der Waals surface area contributed by atoms with E-state index in [1.54, 1.807) is 0 Å². The molecule has 23 heavy (non-hydrogen) atoms. The maximum Gasteiger partial charge on any atom is 0.238 e. The Morgan fingerprint density at radius 1 is 1.22 bits per heavy atom. The van der Waals surface area contributed by atoms with Gasteiger partial charge in [-0.3, -0.25) is 9.69 Å². The van der Waals surface area contributed by atoms with Crippen LogP contribution in [0.3, 0.4) is 0 Å². The molecule has 1 aliphatic carbocycles. The van der Waals surface area contributed by atoms with Crippen molar-refractivity contribution in [2.45, 2.75) is 39.0 Å². The number of hydrogen-bond acceptors (Lipinski definition) is 3. The number of anilines is 1. The van der Waals surface area contributed by atoms with Crippen molar-refractivity contribution < 1.29 is 9.53 Å². The van der Waals surface area contributed by atoms with E-state index in [9.17, 15) is 4.79 Å². The van der Waals surface area contributed by atoms with E-state index < -0.39 is 0 Å². The molecule has 1 saturated heterocycles. The van der Waals surface area contributed by atoms with Gasteiger partial charge in [-0.25, -0.2) is 0 Å². The number of carbonyl (C=O) groups excluding carboxylic acids is 1. The highest BCUT2D eigenvalue weighted by molar-refractivity contribution is 5.93. The Hall–Kier alpha value is -1.55. The number of ether oxygens (including phenoxy) is 1. The average Bonchev–Trinajstić information content (AvgIpc) is 2.57. The summed E-state index contributed by atoms with van der Waals surface area (Å²) < 4.78 is 5.57. The van der Waals surface area contributed by atoms with Crippen LogP contribution in [-0.4, -0.2) is 37.0 Å². The first-order chi connectivity index (χ1) is 11.3. The Kier molecular flexibility index (Phi) is 5.55. The predicted molar refractivity (Wildman–Crippen MR) is 92.7 cm³/mol. The minimum Gasteiger partial charge on any atom is -0.492 e. The number of amides is 1. The van der Waals surface area contributed by atoms with Gasteiger partial charge in [0.2, 0.25) is 5.91 Å². The highest BCUT2D eigenvalue weighted by Crippen LogP contribution is 2.36. The SMILES string of the molecule is CCOc1ccccc1NC(=O)CN1CC[C@H]2CCCC[C@@H]2C1. The molecule has 1 heterocycles. The summed E-state index contributed by atoms with van der Waals surface area (Å²) >= 11 is 0. The van der Waals surface area contributed by atoms with E-state index in [4.69, 9.17) is 4.74 Å². The van der Waals surface area contributed by atoms with Crippen molar-refractivity contribution in [3.8, 4) is 5.75 Å². The number of likely N-dealkylation sites (tertiary alicyclic amines) is 1. The average molecular weight is 316 g/mol. The van der Waals surface area contributed by atoms with Crippen molar-refractivity contribution >= 4 is 11.6 Å². The molecule has 4 nitrogen and oxygen atoms in total. The second-order valence-corrected chi connectivity index (χ2v) is 6.81. The van der Waals surface area contributed by atoms with Crippen LogP contribution in [0.5, 0.6) is 5.75 Å². The number of para-hydroxylation sites is 2. The van der Waals surface area contributed by atoms with Crippen LogP contribution in [0.2, 0.25) is 0 Å². The number of nitrogens with one attached hydrogen (secondary N) is 1. The van der Waals surface area contributed by atoms with Crippen molar-refractivity contribution in [3.05, 3.63) is 24.3 Å². The van der Waals surface area contributed by atoms with Gasteiger partial charge in [0.05, 0.1) is 18.8 Å². The molecule has 1 aromatic rings. The second kappa shape index (κ2) is 7.82. The highest BCUT2D eigenvalue weighted by Gasteiger charge is 2.31. The zero-order valence-electron chi connectivity index (χ0n) is 14.1. The first kappa shape index (κ1) is 16.3. The number of hydrogen-bond donors (Lipinski definition) is 1. The standard InChI is InChI=1S/C19H28N2O2/c1-2-23-18-10-6-5-9-17(18)20-19(22)14-21-12-11-15-7-3-4-8-16(15)13-21/h5-6,9-10,15-16H,2-4,7-8,11-14H2,1H3,(H,20,22)/t15-,16-/m1/s1. The molecular formula is C19H28N2O2. The van der Waals surface area contributed by atoms with Gasteiger partial charge in [0, 0.05) is 6.54 Å².